The predicted octanol–water partition coefficient (Wildman–Crippen LogP) is 2.60. The van der Waals surface area contributed by atoms with Crippen molar-refractivity contribution < 1.29 is 9.53 Å². The van der Waals surface area contributed by atoms with Crippen molar-refractivity contribution in [2.75, 3.05) is 18.2 Å². The summed E-state index contributed by atoms with van der Waals surface area (Å²) in [5, 5.41) is 5.49. The summed E-state index contributed by atoms with van der Waals surface area (Å²) < 4.78 is 5.17. The Morgan fingerprint density at radius 2 is 1.95 bits per heavy atom. The fourth-order valence-corrected chi connectivity index (χ4v) is 1.77. The second kappa shape index (κ2) is 6.47. The number of benzene rings is 2. The zero-order valence-corrected chi connectivity index (χ0v) is 11.2. The molecule has 5 heteroatoms. The molecular weight excluding hydrogens is 254 g/mol. The van der Waals surface area contributed by atoms with Crippen molar-refractivity contribution in [1.29, 1.82) is 0 Å². The van der Waals surface area contributed by atoms with Gasteiger partial charge in [0, 0.05) is 12.2 Å². The fraction of sp³-hybridized carbons (Fsp3) is 0.133. The highest BCUT2D eigenvalue weighted by molar-refractivity contribution is 5.91. The van der Waals surface area contributed by atoms with Gasteiger partial charge in [0.1, 0.15) is 5.75 Å². The molecule has 0 atom stereocenters. The smallest absolute Gasteiger partial charge is 0.319 e. The lowest BCUT2D eigenvalue weighted by Crippen LogP contribution is -2.28. The van der Waals surface area contributed by atoms with Crippen LogP contribution >= 0.6 is 0 Å². The van der Waals surface area contributed by atoms with Crippen molar-refractivity contribution in [3.8, 4) is 5.75 Å². The van der Waals surface area contributed by atoms with Crippen LogP contribution < -0.4 is 21.1 Å². The molecular formula is C15H17N3O2. The number of carbonyl (C=O) groups is 1. The van der Waals surface area contributed by atoms with Gasteiger partial charge in [-0.05, 0) is 23.8 Å². The van der Waals surface area contributed by atoms with Crippen molar-refractivity contribution in [3.63, 3.8) is 0 Å². The number of anilines is 2. The van der Waals surface area contributed by atoms with E-state index in [4.69, 9.17) is 10.5 Å². The van der Waals surface area contributed by atoms with E-state index in [1.807, 2.05) is 30.3 Å². The lowest BCUT2D eigenvalue weighted by atomic mass is 10.2. The van der Waals surface area contributed by atoms with E-state index in [2.05, 4.69) is 10.6 Å². The lowest BCUT2D eigenvalue weighted by molar-refractivity contribution is 0.251. The van der Waals surface area contributed by atoms with Gasteiger partial charge in [0.15, 0.2) is 0 Å². The van der Waals surface area contributed by atoms with E-state index in [1.54, 1.807) is 25.3 Å². The Balaban J connectivity index is 1.96. The summed E-state index contributed by atoms with van der Waals surface area (Å²) in [5.41, 5.74) is 7.82. The quantitative estimate of drug-likeness (QED) is 0.748. The van der Waals surface area contributed by atoms with Crippen LogP contribution in [0.5, 0.6) is 5.75 Å². The lowest BCUT2D eigenvalue weighted by Gasteiger charge is -2.11. The molecule has 0 saturated heterocycles. The van der Waals surface area contributed by atoms with Crippen LogP contribution in [0.4, 0.5) is 16.2 Å². The van der Waals surface area contributed by atoms with Gasteiger partial charge in [-0.25, -0.2) is 4.79 Å². The third kappa shape index (κ3) is 3.65. The summed E-state index contributed by atoms with van der Waals surface area (Å²) in [7, 11) is 1.54. The summed E-state index contributed by atoms with van der Waals surface area (Å²) in [6.07, 6.45) is 0. The van der Waals surface area contributed by atoms with E-state index >= 15 is 0 Å². The molecule has 104 valence electrons. The van der Waals surface area contributed by atoms with Crippen LogP contribution in [0.2, 0.25) is 0 Å². The number of nitrogens with two attached hydrogens (primary N) is 1. The molecule has 2 aromatic rings. The van der Waals surface area contributed by atoms with Crippen LogP contribution in [0.1, 0.15) is 5.56 Å². The standard InChI is InChI=1S/C15H17N3O2/c1-20-14-8-7-12(16)9-13(14)18-15(19)17-10-11-5-3-2-4-6-11/h2-9H,10,16H2,1H3,(H2,17,18,19). The minimum Gasteiger partial charge on any atom is -0.495 e. The zero-order chi connectivity index (χ0) is 14.4. The Morgan fingerprint density at radius 1 is 1.20 bits per heavy atom. The van der Waals surface area contributed by atoms with E-state index in [1.165, 1.54) is 0 Å². The number of ether oxygens (including phenoxy) is 1. The number of carbonyl (C=O) groups excluding carboxylic acids is 1. The van der Waals surface area contributed by atoms with Gasteiger partial charge < -0.3 is 21.1 Å². The first-order chi connectivity index (χ1) is 9.69. The molecule has 2 amide bonds. The maximum absolute atomic E-state index is 11.8. The van der Waals surface area contributed by atoms with Gasteiger partial charge in [0.25, 0.3) is 0 Å². The second-order valence-electron chi connectivity index (χ2n) is 4.25. The summed E-state index contributed by atoms with van der Waals surface area (Å²) >= 11 is 0. The van der Waals surface area contributed by atoms with Crippen LogP contribution in [0.3, 0.4) is 0 Å². The number of nitrogen functional groups attached to an aromatic ring is 1. The largest absolute Gasteiger partial charge is 0.495 e. The monoisotopic (exact) mass is 271 g/mol. The molecule has 0 heterocycles. The van der Waals surface area contributed by atoms with Crippen molar-refractivity contribution in [1.82, 2.24) is 5.32 Å². The SMILES string of the molecule is COc1ccc(N)cc1NC(=O)NCc1ccccc1. The molecule has 0 aliphatic heterocycles. The molecule has 0 aliphatic rings. The molecule has 0 spiro atoms. The predicted molar refractivity (Wildman–Crippen MR) is 79.7 cm³/mol. The first-order valence-corrected chi connectivity index (χ1v) is 6.21. The van der Waals surface area contributed by atoms with Crippen molar-refractivity contribution in [2.45, 2.75) is 6.54 Å². The molecule has 0 aliphatic carbocycles. The average Bonchev–Trinajstić information content (AvgIpc) is 2.46. The first kappa shape index (κ1) is 13.7. The first-order valence-electron chi connectivity index (χ1n) is 6.21. The third-order valence-electron chi connectivity index (χ3n) is 2.77. The van der Waals surface area contributed by atoms with Crippen LogP contribution in [0, 0.1) is 0 Å². The molecule has 0 saturated carbocycles. The third-order valence-corrected chi connectivity index (χ3v) is 2.77. The van der Waals surface area contributed by atoms with Crippen molar-refractivity contribution in [3.05, 3.63) is 54.1 Å². The summed E-state index contributed by atoms with van der Waals surface area (Å²) in [4.78, 5) is 11.8. The van der Waals surface area contributed by atoms with Gasteiger partial charge in [-0.2, -0.15) is 0 Å². The maximum atomic E-state index is 11.8. The molecule has 0 radical (unpaired) electrons. The number of hydrogen-bond acceptors (Lipinski definition) is 3. The number of nitrogens with one attached hydrogen (secondary N) is 2. The molecule has 5 nitrogen and oxygen atoms in total. The van der Waals surface area contributed by atoms with E-state index in [9.17, 15) is 4.79 Å². The minimum absolute atomic E-state index is 0.308. The zero-order valence-electron chi connectivity index (χ0n) is 11.2. The van der Waals surface area contributed by atoms with Gasteiger partial charge in [-0.1, -0.05) is 30.3 Å². The van der Waals surface area contributed by atoms with E-state index in [0.29, 0.717) is 23.7 Å². The Hall–Kier alpha value is -2.69. The number of rotatable bonds is 4. The molecule has 0 fully saturated rings. The normalized spacial score (nSPS) is 9.85. The van der Waals surface area contributed by atoms with Crippen LogP contribution in [-0.4, -0.2) is 13.1 Å². The minimum atomic E-state index is -0.308. The average molecular weight is 271 g/mol. The summed E-state index contributed by atoms with van der Waals surface area (Å²) in [5.74, 6) is 0.564. The number of amides is 2. The van der Waals surface area contributed by atoms with E-state index in [-0.39, 0.29) is 6.03 Å². The van der Waals surface area contributed by atoms with Crippen LogP contribution in [0.15, 0.2) is 48.5 Å². The Labute approximate surface area is 117 Å². The van der Waals surface area contributed by atoms with Gasteiger partial charge in [-0.3, -0.25) is 0 Å². The van der Waals surface area contributed by atoms with Crippen LogP contribution in [-0.2, 0) is 6.54 Å². The van der Waals surface area contributed by atoms with E-state index in [0.717, 1.165) is 5.56 Å². The number of methoxy groups -OCH3 is 1. The van der Waals surface area contributed by atoms with Gasteiger partial charge in [-0.15, -0.1) is 0 Å². The van der Waals surface area contributed by atoms with Crippen molar-refractivity contribution in [2.24, 2.45) is 0 Å². The van der Waals surface area contributed by atoms with Gasteiger partial charge in [0.05, 0.1) is 12.8 Å². The fourth-order valence-electron chi connectivity index (χ4n) is 1.77. The van der Waals surface area contributed by atoms with Crippen LogP contribution in [0.25, 0.3) is 0 Å². The summed E-state index contributed by atoms with van der Waals surface area (Å²) in [6, 6.07) is 14.4. The molecule has 2 aromatic carbocycles. The Morgan fingerprint density at radius 3 is 2.65 bits per heavy atom. The summed E-state index contributed by atoms with van der Waals surface area (Å²) in [6.45, 7) is 0.456. The Bertz CT molecular complexity index is 585. The molecule has 2 rings (SSSR count). The number of urea groups is 1. The van der Waals surface area contributed by atoms with Gasteiger partial charge >= 0.3 is 6.03 Å². The Kier molecular flexibility index (Phi) is 4.44. The van der Waals surface area contributed by atoms with Gasteiger partial charge in [0.2, 0.25) is 0 Å². The highest BCUT2D eigenvalue weighted by Crippen LogP contribution is 2.26. The molecule has 0 bridgehead atoms. The molecule has 4 N–H and O–H groups in total. The topological polar surface area (TPSA) is 76.4 Å². The molecule has 0 aromatic heterocycles. The van der Waals surface area contributed by atoms with E-state index < -0.39 is 0 Å². The molecule has 0 unspecified atom stereocenters. The second-order valence-corrected chi connectivity index (χ2v) is 4.25. The highest BCUT2D eigenvalue weighted by atomic mass is 16.5. The number of hydrogen-bond donors (Lipinski definition) is 3. The highest BCUT2D eigenvalue weighted by Gasteiger charge is 2.07. The van der Waals surface area contributed by atoms with Crippen molar-refractivity contribution >= 4 is 17.4 Å². The molecule has 20 heavy (non-hydrogen) atoms. The maximum Gasteiger partial charge on any atom is 0.319 e.